The van der Waals surface area contributed by atoms with Gasteiger partial charge in [-0.3, -0.25) is 19.2 Å². The SMILES string of the molecule is COCCS(=O)(=O)N[C@H]1C[C@@H]2CC[C@@H](C)[C@@](O)(O2)C(=O)C(=O)N2CCCC[C@H]2C(=O)O[C@H](CC[C@@H]2CC[C@@H](O)[C@H](OC)C2)CC(=O)C/C=C(\C)[C@@H](O)[C@@H](OC)C(=O)CCC/C=C/C=C/C=C/1C. The fourth-order valence-corrected chi connectivity index (χ4v) is 10.6. The first kappa shape index (κ1) is 56.1. The molecule has 11 atom stereocenters. The van der Waals surface area contributed by atoms with Crippen molar-refractivity contribution in [1.29, 1.82) is 0 Å². The zero-order chi connectivity index (χ0) is 49.3. The second-order valence-electron chi connectivity index (χ2n) is 18.7. The van der Waals surface area contributed by atoms with Gasteiger partial charge in [0.2, 0.25) is 15.8 Å². The molecule has 0 aromatic rings. The van der Waals surface area contributed by atoms with Gasteiger partial charge in [-0.1, -0.05) is 49.0 Å². The van der Waals surface area contributed by atoms with Gasteiger partial charge in [0, 0.05) is 59.1 Å². The summed E-state index contributed by atoms with van der Waals surface area (Å²) in [4.78, 5) is 70.6. The molecule has 18 heteroatoms. The average Bonchev–Trinajstić information content (AvgIpc) is 3.30. The van der Waals surface area contributed by atoms with Crippen LogP contribution < -0.4 is 4.72 Å². The maximum Gasteiger partial charge on any atom is 0.329 e. The molecule has 4 N–H and O–H groups in total. The molecule has 4 aliphatic rings. The third-order valence-corrected chi connectivity index (χ3v) is 15.1. The summed E-state index contributed by atoms with van der Waals surface area (Å²) in [7, 11) is 0.406. The van der Waals surface area contributed by atoms with Crippen LogP contribution in [0.25, 0.3) is 0 Å². The van der Waals surface area contributed by atoms with Crippen molar-refractivity contribution in [3.05, 3.63) is 47.6 Å². The van der Waals surface area contributed by atoms with Gasteiger partial charge in [0.1, 0.15) is 30.1 Å². The number of methoxy groups -OCH3 is 3. The Balaban J connectivity index is 1.67. The van der Waals surface area contributed by atoms with Gasteiger partial charge in [0.25, 0.3) is 11.7 Å². The van der Waals surface area contributed by atoms with Crippen LogP contribution in [0.3, 0.4) is 0 Å². The summed E-state index contributed by atoms with van der Waals surface area (Å²) in [6.07, 6.45) is 10.5. The number of nitrogens with one attached hydrogen (secondary N) is 1. The Morgan fingerprint density at radius 1 is 0.896 bits per heavy atom. The quantitative estimate of drug-likeness (QED) is 0.137. The standard InChI is InChI=1S/C49H76N2O15S/c1-32-15-11-9-7-8-10-12-17-42(54)45(64-6)44(55)33(2)18-22-36(52)30-37(24-20-35-21-25-41(53)43(29-35)63-5)65-48(58)40-16-13-14-26-51(40)47(57)46(56)49(59)34(3)19-23-38(66-49)31-39(32)50-67(60,61)28-27-62-4/h7-9,11,15,18,34-35,37-41,43-45,50,53,55,59H,10,12-14,16-17,19-31H2,1-6H3/b8-7+,11-9+,32-15+,33-18+/t34-,35-,37-,38+,39+,40+,41-,43-,44-,45+,49-/m1/s1. The van der Waals surface area contributed by atoms with Crippen molar-refractivity contribution < 1.29 is 71.4 Å². The van der Waals surface area contributed by atoms with E-state index in [1.165, 1.54) is 20.3 Å². The van der Waals surface area contributed by atoms with Crippen LogP contribution in [-0.4, -0.2) is 153 Å². The summed E-state index contributed by atoms with van der Waals surface area (Å²) in [5.41, 5.74) is 0.967. The zero-order valence-corrected chi connectivity index (χ0v) is 41.1. The summed E-state index contributed by atoms with van der Waals surface area (Å²) < 4.78 is 57.1. The summed E-state index contributed by atoms with van der Waals surface area (Å²) in [5, 5.41) is 33.5. The lowest BCUT2D eigenvalue weighted by Crippen LogP contribution is -2.61. The highest BCUT2D eigenvalue weighted by Crippen LogP contribution is 2.37. The number of nitrogens with zero attached hydrogens (tertiary/aromatic N) is 1. The number of ether oxygens (including phenoxy) is 5. The molecular formula is C49H76N2O15S. The van der Waals surface area contributed by atoms with Crippen molar-refractivity contribution in [3.8, 4) is 0 Å². The van der Waals surface area contributed by atoms with E-state index < -0.39 is 82.0 Å². The Bertz CT molecular complexity index is 1920. The van der Waals surface area contributed by atoms with Crippen molar-refractivity contribution in [3.63, 3.8) is 0 Å². The van der Waals surface area contributed by atoms with Crippen molar-refractivity contribution >= 4 is 39.2 Å². The van der Waals surface area contributed by atoms with Crippen LogP contribution in [0.4, 0.5) is 0 Å². The number of hydrogen-bond donors (Lipinski definition) is 4. The molecule has 67 heavy (non-hydrogen) atoms. The molecule has 3 heterocycles. The maximum atomic E-state index is 14.2. The van der Waals surface area contributed by atoms with E-state index in [1.807, 2.05) is 6.08 Å². The molecule has 3 aliphatic heterocycles. The molecule has 2 saturated heterocycles. The van der Waals surface area contributed by atoms with E-state index in [2.05, 4.69) is 4.72 Å². The maximum absolute atomic E-state index is 14.2. The van der Waals surface area contributed by atoms with E-state index in [1.54, 1.807) is 52.2 Å². The zero-order valence-electron chi connectivity index (χ0n) is 40.3. The first-order chi connectivity index (χ1) is 31.8. The monoisotopic (exact) mass is 964 g/mol. The van der Waals surface area contributed by atoms with Gasteiger partial charge in [-0.15, -0.1) is 0 Å². The number of ketones is 3. The molecule has 1 aliphatic carbocycles. The van der Waals surface area contributed by atoms with Gasteiger partial charge in [-0.05, 0) is 109 Å². The number of hydrogen-bond acceptors (Lipinski definition) is 15. The van der Waals surface area contributed by atoms with Gasteiger partial charge >= 0.3 is 5.97 Å². The molecule has 0 spiro atoms. The van der Waals surface area contributed by atoms with Gasteiger partial charge in [0.05, 0.1) is 30.7 Å². The fraction of sp³-hybridized carbons (Fsp3) is 0.735. The Morgan fingerprint density at radius 2 is 1.66 bits per heavy atom. The summed E-state index contributed by atoms with van der Waals surface area (Å²) in [6.45, 7) is 4.91. The molecule has 0 unspecified atom stereocenters. The van der Waals surface area contributed by atoms with E-state index >= 15 is 0 Å². The molecule has 4 rings (SSSR count). The highest BCUT2D eigenvalue weighted by Gasteiger charge is 2.53. The lowest BCUT2D eigenvalue weighted by molar-refractivity contribution is -0.264. The number of aliphatic hydroxyl groups excluding tert-OH is 2. The Labute approximate surface area is 396 Å². The molecule has 0 aromatic heterocycles. The predicted octanol–water partition coefficient (Wildman–Crippen LogP) is 4.12. The number of esters is 1. The second kappa shape index (κ2) is 27.1. The van der Waals surface area contributed by atoms with E-state index in [0.29, 0.717) is 68.9 Å². The first-order valence-electron chi connectivity index (χ1n) is 23.9. The topological polar surface area (TPSA) is 242 Å². The molecule has 0 radical (unpaired) electrons. The molecule has 1 amide bonds. The highest BCUT2D eigenvalue weighted by atomic mass is 32.2. The molecule has 1 saturated carbocycles. The van der Waals surface area contributed by atoms with Crippen molar-refractivity contribution in [2.75, 3.05) is 40.2 Å². The number of amides is 1. The average molecular weight is 965 g/mol. The Kier molecular flexibility index (Phi) is 22.7. The van der Waals surface area contributed by atoms with Crippen molar-refractivity contribution in [2.45, 2.75) is 178 Å². The normalized spacial score (nSPS) is 36.0. The van der Waals surface area contributed by atoms with Crippen LogP contribution in [0.2, 0.25) is 0 Å². The highest BCUT2D eigenvalue weighted by molar-refractivity contribution is 7.89. The van der Waals surface area contributed by atoms with Crippen LogP contribution in [0.15, 0.2) is 47.6 Å². The summed E-state index contributed by atoms with van der Waals surface area (Å²) >= 11 is 0. The van der Waals surface area contributed by atoms with E-state index in [-0.39, 0.29) is 87.4 Å². The number of cyclic esters (lactones) is 1. The van der Waals surface area contributed by atoms with Crippen LogP contribution in [0.5, 0.6) is 0 Å². The number of carbonyl (C=O) groups is 5. The minimum absolute atomic E-state index is 0.0152. The van der Waals surface area contributed by atoms with Gasteiger partial charge in [-0.25, -0.2) is 17.9 Å². The minimum Gasteiger partial charge on any atom is -0.460 e. The van der Waals surface area contributed by atoms with Crippen LogP contribution in [0, 0.1) is 11.8 Å². The minimum atomic E-state index is -3.87. The largest absolute Gasteiger partial charge is 0.460 e. The summed E-state index contributed by atoms with van der Waals surface area (Å²) in [5.74, 6) is -7.35. The van der Waals surface area contributed by atoms with E-state index in [4.69, 9.17) is 23.7 Å². The van der Waals surface area contributed by atoms with Crippen molar-refractivity contribution in [1.82, 2.24) is 9.62 Å². The molecular weight excluding hydrogens is 889 g/mol. The molecule has 378 valence electrons. The number of allylic oxidation sites excluding steroid dienone is 6. The first-order valence-corrected chi connectivity index (χ1v) is 25.6. The number of carbonyl (C=O) groups excluding carboxylic acids is 5. The summed E-state index contributed by atoms with van der Waals surface area (Å²) in [6, 6.07) is -2.03. The van der Waals surface area contributed by atoms with Gasteiger partial charge in [0.15, 0.2) is 5.78 Å². The Morgan fingerprint density at radius 3 is 2.37 bits per heavy atom. The van der Waals surface area contributed by atoms with Crippen LogP contribution in [0.1, 0.15) is 124 Å². The third kappa shape index (κ3) is 16.6. The Hall–Kier alpha value is -3.46. The predicted molar refractivity (Wildman–Crippen MR) is 249 cm³/mol. The number of fused-ring (bicyclic) bond motifs is 3. The third-order valence-electron chi connectivity index (χ3n) is 13.7. The number of aliphatic hydroxyl groups is 3. The van der Waals surface area contributed by atoms with Crippen LogP contribution >= 0.6 is 0 Å². The second-order valence-corrected chi connectivity index (χ2v) is 20.6. The van der Waals surface area contributed by atoms with Gasteiger partial charge < -0.3 is 43.9 Å². The fourth-order valence-electron chi connectivity index (χ4n) is 9.35. The smallest absolute Gasteiger partial charge is 0.329 e. The molecule has 2 bridgehead atoms. The van der Waals surface area contributed by atoms with Crippen molar-refractivity contribution in [2.24, 2.45) is 11.8 Å². The number of piperidine rings is 1. The molecule has 3 fully saturated rings. The number of Topliss-reactive ketones (excluding diaryl/α,β-unsaturated/α-hetero) is 3. The van der Waals surface area contributed by atoms with Crippen LogP contribution in [-0.2, 0) is 57.7 Å². The lowest BCUT2D eigenvalue weighted by Gasteiger charge is -2.42. The number of sulfonamides is 1. The molecule has 0 aromatic carbocycles. The number of rotatable bonds is 10. The van der Waals surface area contributed by atoms with E-state index in [0.717, 1.165) is 4.90 Å². The molecule has 17 nitrogen and oxygen atoms in total. The van der Waals surface area contributed by atoms with E-state index in [9.17, 15) is 47.7 Å². The van der Waals surface area contributed by atoms with Gasteiger partial charge in [-0.2, -0.15) is 0 Å². The lowest BCUT2D eigenvalue weighted by atomic mass is 9.82.